The lowest BCUT2D eigenvalue weighted by molar-refractivity contribution is 0.313. The van der Waals surface area contributed by atoms with Crippen molar-refractivity contribution in [2.75, 3.05) is 76.6 Å². The highest BCUT2D eigenvalue weighted by Crippen LogP contribution is 2.35. The van der Waals surface area contributed by atoms with E-state index >= 15 is 0 Å². The Morgan fingerprint density at radius 2 is 0.904 bits per heavy atom. The molecule has 83 heavy (non-hydrogen) atoms. The first kappa shape index (κ1) is 57.2. The van der Waals surface area contributed by atoms with Crippen LogP contribution >= 0.6 is 0 Å². The van der Waals surface area contributed by atoms with Crippen LogP contribution in [-0.2, 0) is 91.0 Å². The molecule has 0 amide bonds. The van der Waals surface area contributed by atoms with Crippen LogP contribution in [0.15, 0.2) is 170 Å². The van der Waals surface area contributed by atoms with Crippen LogP contribution < -0.4 is 14.7 Å². The summed E-state index contributed by atoms with van der Waals surface area (Å²) in [6.07, 6.45) is 30.5. The maximum Gasteiger partial charge on any atom is 0.0480 e. The lowest BCUT2D eigenvalue weighted by Crippen LogP contribution is -2.26. The summed E-state index contributed by atoms with van der Waals surface area (Å²) in [5.41, 5.74) is 28.4. The Morgan fingerprint density at radius 1 is 0.349 bits per heavy atom. The van der Waals surface area contributed by atoms with Crippen molar-refractivity contribution in [2.24, 2.45) is 7.05 Å². The quantitative estimate of drug-likeness (QED) is 0.150. The second-order valence-electron chi connectivity index (χ2n) is 24.5. The lowest BCUT2D eigenvalue weighted by Gasteiger charge is -2.24. The van der Waals surface area contributed by atoms with E-state index < -0.39 is 0 Å². The normalized spacial score (nSPS) is 16.8. The number of allylic oxidation sites excluding steroid dienone is 1. The monoisotopic (exact) mass is 1100 g/mol. The standard InChI is InChI=1S/2C12H15N.C12H13N.2C10H11N.C10H13N.C10H11N/c1-13-7-11-5-9-3-2-4-10(9)6-12(11)8-13;2*1-13-6-5-11-7-9-3-2-4-10(9)8-12(11)13;2*1-11-8-4-6-9-5-2-3-7-10(9)11;2*1-11-7-6-9-4-2-3-5-10(9)8-11/h5-6H,2-4,7-8H2,1H3;7-8H,2-6H2,1H3;5-8H,2-4H2,1H3;2-5,7-8H,6H2,1H3;2-7H,8H2,1H3;2-5H,6-8H2,1H3;2-7H,8H2,1H3. The van der Waals surface area contributed by atoms with Gasteiger partial charge in [0.15, 0.2) is 0 Å². The van der Waals surface area contributed by atoms with Crippen molar-refractivity contribution in [3.05, 3.63) is 254 Å². The van der Waals surface area contributed by atoms with E-state index in [-0.39, 0.29) is 0 Å². The Bertz CT molecular complexity index is 3580. The minimum absolute atomic E-state index is 1.02. The first-order valence-electron chi connectivity index (χ1n) is 30.9. The van der Waals surface area contributed by atoms with Crippen molar-refractivity contribution in [1.82, 2.24) is 19.3 Å². The molecule has 0 unspecified atom stereocenters. The number of rotatable bonds is 0. The summed E-state index contributed by atoms with van der Waals surface area (Å²) in [6, 6.07) is 50.8. The van der Waals surface area contributed by atoms with Gasteiger partial charge in [-0.3, -0.25) is 4.90 Å². The third-order valence-electron chi connectivity index (χ3n) is 18.2. The maximum atomic E-state index is 2.45. The Hall–Kier alpha value is -7.58. The minimum Gasteiger partial charge on any atom is -0.376 e. The molecular weight excluding hydrogens is 1010 g/mol. The van der Waals surface area contributed by atoms with Gasteiger partial charge in [-0.15, -0.1) is 0 Å². The number of hydrogen-bond donors (Lipinski definition) is 0. The van der Waals surface area contributed by atoms with Crippen molar-refractivity contribution in [2.45, 2.75) is 103 Å². The number of fused-ring (bicyclic) bond motifs is 10. The molecule has 0 fully saturated rings. The summed E-state index contributed by atoms with van der Waals surface area (Å²) >= 11 is 0. The lowest BCUT2D eigenvalue weighted by atomic mass is 10.0. The molecule has 9 aliphatic rings. The topological polar surface area (TPSA) is 24.4 Å². The van der Waals surface area contributed by atoms with Gasteiger partial charge in [-0.2, -0.15) is 0 Å². The SMILES string of the molecule is CN1C=CCc2ccccc21.CN1C=Cc2ccccc2C1.CN1CC=Cc2ccccc21.CN1CCc2cc3c(cc21)CCC3.CN1CCc2ccccc2C1.CN1Cc2cc3c(cc2C1)CCC3.Cn1ccc2cc3c(cc21)CCC3. The van der Waals surface area contributed by atoms with Crippen molar-refractivity contribution < 1.29 is 0 Å². The Balaban J connectivity index is 0.000000101. The van der Waals surface area contributed by atoms with E-state index in [1.165, 1.54) is 145 Å². The molecule has 1 aromatic heterocycles. The first-order chi connectivity index (χ1) is 40.5. The summed E-state index contributed by atoms with van der Waals surface area (Å²) in [5, 5.41) is 1.39. The van der Waals surface area contributed by atoms with Crippen molar-refractivity contribution in [3.8, 4) is 0 Å². The molecule has 0 bridgehead atoms. The third-order valence-corrected chi connectivity index (χ3v) is 18.2. The highest BCUT2D eigenvalue weighted by molar-refractivity contribution is 5.82. The zero-order valence-corrected chi connectivity index (χ0v) is 50.9. The number of hydrogen-bond acceptors (Lipinski definition) is 6. The van der Waals surface area contributed by atoms with Crippen LogP contribution in [0.25, 0.3) is 23.1 Å². The van der Waals surface area contributed by atoms with Crippen LogP contribution in [0.1, 0.15) is 103 Å². The van der Waals surface area contributed by atoms with Gasteiger partial charge in [-0.1, -0.05) is 121 Å². The molecule has 7 heterocycles. The predicted molar refractivity (Wildman–Crippen MR) is 354 cm³/mol. The van der Waals surface area contributed by atoms with Gasteiger partial charge in [0.05, 0.1) is 0 Å². The van der Waals surface area contributed by atoms with Crippen LogP contribution in [0, 0.1) is 0 Å². The van der Waals surface area contributed by atoms with Gasteiger partial charge in [0.2, 0.25) is 0 Å². The number of anilines is 3. The van der Waals surface area contributed by atoms with Gasteiger partial charge >= 0.3 is 0 Å². The molecule has 0 saturated heterocycles. The Kier molecular flexibility index (Phi) is 18.5. The Labute approximate surface area is 497 Å². The van der Waals surface area contributed by atoms with Crippen LogP contribution in [0.2, 0.25) is 0 Å². The van der Waals surface area contributed by atoms with Gasteiger partial charge in [0, 0.05) is 116 Å². The number of nitrogens with zero attached hydrogens (tertiary/aromatic N) is 7. The second-order valence-corrected chi connectivity index (χ2v) is 24.5. The average Bonchev–Trinajstić information content (AvgIpc) is 4.55. The number of likely N-dealkylation sites (N-methyl/N-ethyl adjacent to an activating group) is 3. The zero-order chi connectivity index (χ0) is 57.2. The number of benzene rings is 7. The molecule has 8 aromatic rings. The summed E-state index contributed by atoms with van der Waals surface area (Å²) in [7, 11) is 15.0. The van der Waals surface area contributed by atoms with E-state index in [0.717, 1.165) is 39.1 Å². The molecule has 0 radical (unpaired) electrons. The summed E-state index contributed by atoms with van der Waals surface area (Å²) < 4.78 is 2.20. The fourth-order valence-electron chi connectivity index (χ4n) is 13.5. The molecule has 7 heteroatoms. The molecule has 6 aliphatic heterocycles. The number of aryl methyl sites for hydroxylation is 7. The largest absolute Gasteiger partial charge is 0.376 e. The number of aromatic nitrogens is 1. The summed E-state index contributed by atoms with van der Waals surface area (Å²) in [6.45, 7) is 7.90. The van der Waals surface area contributed by atoms with Gasteiger partial charge in [-0.05, 0) is 229 Å². The second kappa shape index (κ2) is 26.8. The molecule has 0 spiro atoms. The number of para-hydroxylation sites is 2. The van der Waals surface area contributed by atoms with Crippen molar-refractivity contribution in [3.63, 3.8) is 0 Å². The molecule has 7 aromatic carbocycles. The molecule has 3 aliphatic carbocycles. The van der Waals surface area contributed by atoms with E-state index in [9.17, 15) is 0 Å². The summed E-state index contributed by atoms with van der Waals surface area (Å²) in [5.74, 6) is 0. The molecule has 428 valence electrons. The zero-order valence-electron chi connectivity index (χ0n) is 50.9. The fourth-order valence-corrected chi connectivity index (χ4v) is 13.5. The Morgan fingerprint density at radius 3 is 1.59 bits per heavy atom. The predicted octanol–water partition coefficient (Wildman–Crippen LogP) is 15.1. The minimum atomic E-state index is 1.02. The molecular formula is C76H89N7. The third kappa shape index (κ3) is 14.1. The highest BCUT2D eigenvalue weighted by atomic mass is 15.1. The van der Waals surface area contributed by atoms with Crippen LogP contribution in [-0.4, -0.2) is 81.2 Å². The van der Waals surface area contributed by atoms with Crippen molar-refractivity contribution in [1.29, 1.82) is 0 Å². The molecule has 0 saturated carbocycles. The highest BCUT2D eigenvalue weighted by Gasteiger charge is 2.22. The van der Waals surface area contributed by atoms with E-state index in [4.69, 9.17) is 0 Å². The van der Waals surface area contributed by atoms with Gasteiger partial charge in [-0.25, -0.2) is 0 Å². The molecule has 0 atom stereocenters. The average molecular weight is 1100 g/mol. The van der Waals surface area contributed by atoms with Crippen LogP contribution in [0.3, 0.4) is 0 Å². The molecule has 7 nitrogen and oxygen atoms in total. The van der Waals surface area contributed by atoms with Gasteiger partial charge < -0.3 is 29.1 Å². The van der Waals surface area contributed by atoms with E-state index in [2.05, 4.69) is 266 Å². The summed E-state index contributed by atoms with van der Waals surface area (Å²) in [4.78, 5) is 13.7. The van der Waals surface area contributed by atoms with E-state index in [1.54, 1.807) is 50.1 Å². The van der Waals surface area contributed by atoms with Crippen LogP contribution in [0.5, 0.6) is 0 Å². The van der Waals surface area contributed by atoms with Crippen molar-refractivity contribution >= 4 is 40.1 Å². The maximum absolute atomic E-state index is 2.45. The smallest absolute Gasteiger partial charge is 0.0480 e. The van der Waals surface area contributed by atoms with Gasteiger partial charge in [0.1, 0.15) is 0 Å². The van der Waals surface area contributed by atoms with E-state index in [1.807, 2.05) is 0 Å². The van der Waals surface area contributed by atoms with Gasteiger partial charge in [0.25, 0.3) is 0 Å². The molecule has 0 N–H and O–H groups in total. The first-order valence-corrected chi connectivity index (χ1v) is 30.9. The van der Waals surface area contributed by atoms with E-state index in [0.29, 0.717) is 0 Å². The molecule has 17 rings (SSSR count). The van der Waals surface area contributed by atoms with Crippen LogP contribution in [0.4, 0.5) is 17.1 Å². The fraction of sp³-hybridized carbons (Fsp3) is 0.342.